The first-order valence-corrected chi connectivity index (χ1v) is 5.58. The molecule has 8 nitrogen and oxygen atoms in total. The van der Waals surface area contributed by atoms with Crippen LogP contribution in [0.25, 0.3) is 0 Å². The van der Waals surface area contributed by atoms with Gasteiger partial charge in [0.05, 0.1) is 6.17 Å². The van der Waals surface area contributed by atoms with Crippen LogP contribution in [0.2, 0.25) is 0 Å². The molecule has 0 heterocycles. The van der Waals surface area contributed by atoms with E-state index in [1.807, 2.05) is 0 Å². The molecule has 0 unspecified atom stereocenters. The topological polar surface area (TPSA) is 153 Å². The first kappa shape index (κ1) is 16.3. The van der Waals surface area contributed by atoms with Gasteiger partial charge in [0.25, 0.3) is 5.91 Å². The van der Waals surface area contributed by atoms with E-state index in [-0.39, 0.29) is 6.42 Å². The van der Waals surface area contributed by atoms with E-state index in [2.05, 4.69) is 10.6 Å². The maximum absolute atomic E-state index is 11.5. The van der Waals surface area contributed by atoms with Gasteiger partial charge in [0.1, 0.15) is 0 Å². The fraction of sp³-hybridized carbons (Fsp3) is 0.700. The molecule has 18 heavy (non-hydrogen) atoms. The highest BCUT2D eigenvalue weighted by molar-refractivity contribution is 5.93. The van der Waals surface area contributed by atoms with Crippen LogP contribution in [0.15, 0.2) is 0 Å². The Hall–Kier alpha value is -1.67. The summed E-state index contributed by atoms with van der Waals surface area (Å²) in [6.07, 6.45) is 0.479. The van der Waals surface area contributed by atoms with Gasteiger partial charge in [-0.2, -0.15) is 0 Å². The van der Waals surface area contributed by atoms with Crippen LogP contribution >= 0.6 is 0 Å². The summed E-state index contributed by atoms with van der Waals surface area (Å²) in [5.74, 6) is -1.78. The summed E-state index contributed by atoms with van der Waals surface area (Å²) in [7, 11) is 0. The number of primary amides is 1. The van der Waals surface area contributed by atoms with Gasteiger partial charge in [0.2, 0.25) is 11.8 Å². The summed E-state index contributed by atoms with van der Waals surface area (Å²) in [5, 5.41) is 4.74. The number of nitrogens with one attached hydrogen (secondary N) is 2. The van der Waals surface area contributed by atoms with Crippen LogP contribution in [0.1, 0.15) is 33.1 Å². The maximum atomic E-state index is 11.5. The van der Waals surface area contributed by atoms with Crippen LogP contribution in [0.3, 0.4) is 0 Å². The zero-order chi connectivity index (χ0) is 14.3. The quantitative estimate of drug-likeness (QED) is 0.330. The van der Waals surface area contributed by atoms with Gasteiger partial charge in [-0.15, -0.1) is 0 Å². The summed E-state index contributed by atoms with van der Waals surface area (Å²) in [6, 6.07) is 0. The normalized spacial score (nSPS) is 11.2. The van der Waals surface area contributed by atoms with E-state index >= 15 is 0 Å². The van der Waals surface area contributed by atoms with Crippen molar-refractivity contribution in [3.8, 4) is 0 Å². The van der Waals surface area contributed by atoms with Gasteiger partial charge in [0.15, 0.2) is 5.66 Å². The molecule has 0 saturated carbocycles. The first-order valence-electron chi connectivity index (χ1n) is 5.58. The van der Waals surface area contributed by atoms with Gasteiger partial charge in [-0.1, -0.05) is 0 Å². The van der Waals surface area contributed by atoms with Crippen molar-refractivity contribution in [1.29, 1.82) is 0 Å². The van der Waals surface area contributed by atoms with E-state index < -0.39 is 29.6 Å². The van der Waals surface area contributed by atoms with E-state index in [0.717, 1.165) is 0 Å². The zero-order valence-electron chi connectivity index (χ0n) is 10.7. The van der Waals surface area contributed by atoms with E-state index in [1.165, 1.54) is 13.8 Å². The number of carbonyl (C=O) groups is 3. The minimum atomic E-state index is -1.59. The Morgan fingerprint density at radius 1 is 1.11 bits per heavy atom. The van der Waals surface area contributed by atoms with Crippen molar-refractivity contribution < 1.29 is 14.4 Å². The predicted octanol–water partition coefficient (Wildman–Crippen LogP) is -2.15. The first-order chi connectivity index (χ1) is 8.19. The minimum Gasteiger partial charge on any atom is -0.366 e. The fourth-order valence-electron chi connectivity index (χ4n) is 1.61. The third-order valence-corrected chi connectivity index (χ3v) is 2.29. The summed E-state index contributed by atoms with van der Waals surface area (Å²) >= 11 is 0. The molecule has 0 aromatic heterocycles. The Balaban J connectivity index is 4.88. The molecule has 0 saturated heterocycles. The van der Waals surface area contributed by atoms with Gasteiger partial charge in [-0.05, 0) is 19.3 Å². The lowest BCUT2D eigenvalue weighted by Crippen LogP contribution is -2.67. The Morgan fingerprint density at radius 3 is 1.83 bits per heavy atom. The molecule has 0 spiro atoms. The Kier molecular flexibility index (Phi) is 6.28. The van der Waals surface area contributed by atoms with Crippen LogP contribution in [0, 0.1) is 0 Å². The lowest BCUT2D eigenvalue weighted by molar-refractivity contribution is -0.136. The monoisotopic (exact) mass is 259 g/mol. The molecule has 0 rings (SSSR count). The molecule has 0 aromatic rings. The van der Waals surface area contributed by atoms with Gasteiger partial charge in [-0.3, -0.25) is 14.4 Å². The maximum Gasteiger partial charge on any atom is 0.264 e. The van der Waals surface area contributed by atoms with Crippen LogP contribution < -0.4 is 27.8 Å². The lowest BCUT2D eigenvalue weighted by Gasteiger charge is -2.32. The Bertz CT molecular complexity index is 313. The molecule has 0 aliphatic heterocycles. The molecule has 3 amide bonds. The Morgan fingerprint density at radius 2 is 1.56 bits per heavy atom. The number of hydrogen-bond donors (Lipinski definition) is 5. The minimum absolute atomic E-state index is 0.131. The van der Waals surface area contributed by atoms with E-state index in [9.17, 15) is 14.4 Å². The zero-order valence-corrected chi connectivity index (χ0v) is 10.7. The molecule has 0 radical (unpaired) electrons. The van der Waals surface area contributed by atoms with Crippen molar-refractivity contribution in [1.82, 2.24) is 10.6 Å². The highest BCUT2D eigenvalue weighted by atomic mass is 16.2. The molecule has 8 heteroatoms. The molecule has 0 aliphatic rings. The molecule has 0 aromatic carbocycles. The van der Waals surface area contributed by atoms with Gasteiger partial charge < -0.3 is 27.8 Å². The molecule has 0 bridgehead atoms. The average molecular weight is 259 g/mol. The number of hydrogen-bond acceptors (Lipinski definition) is 5. The van der Waals surface area contributed by atoms with E-state index in [1.54, 1.807) is 0 Å². The van der Waals surface area contributed by atoms with Crippen LogP contribution in [0.5, 0.6) is 0 Å². The number of rotatable bonds is 7. The van der Waals surface area contributed by atoms with Crippen molar-refractivity contribution in [2.45, 2.75) is 44.9 Å². The second-order valence-electron chi connectivity index (χ2n) is 4.19. The lowest BCUT2D eigenvalue weighted by atomic mass is 10.00. The van der Waals surface area contributed by atoms with Gasteiger partial charge in [0, 0.05) is 13.8 Å². The summed E-state index contributed by atoms with van der Waals surface area (Å²) < 4.78 is 0. The Labute approximate surface area is 106 Å². The number of carbonyl (C=O) groups excluding carboxylic acids is 3. The standard InChI is InChI=1S/C10H21N5O3/c1-6(16)14-10(9(13)18,15-7(2)17)5-3-4-8(11)12/h8H,3-5,11-12H2,1-2H3,(H2,13,18)(H,14,16)(H,15,17). The van der Waals surface area contributed by atoms with Gasteiger partial charge >= 0.3 is 0 Å². The average Bonchev–Trinajstić information content (AvgIpc) is 2.13. The summed E-state index contributed by atoms with van der Waals surface area (Å²) in [6.45, 7) is 2.46. The largest absolute Gasteiger partial charge is 0.366 e. The fourth-order valence-corrected chi connectivity index (χ4v) is 1.61. The van der Waals surface area contributed by atoms with E-state index in [4.69, 9.17) is 17.2 Å². The molecule has 0 aliphatic carbocycles. The molecule has 0 fully saturated rings. The second-order valence-corrected chi connectivity index (χ2v) is 4.19. The molecule has 104 valence electrons. The van der Waals surface area contributed by atoms with Crippen LogP contribution in [-0.4, -0.2) is 29.6 Å². The van der Waals surface area contributed by atoms with Gasteiger partial charge in [-0.25, -0.2) is 0 Å². The molecule has 0 atom stereocenters. The van der Waals surface area contributed by atoms with Crippen molar-refractivity contribution in [3.05, 3.63) is 0 Å². The summed E-state index contributed by atoms with van der Waals surface area (Å²) in [5.41, 5.74) is 14.4. The number of nitrogens with two attached hydrogens (primary N) is 3. The van der Waals surface area contributed by atoms with Crippen molar-refractivity contribution >= 4 is 17.7 Å². The van der Waals surface area contributed by atoms with Crippen LogP contribution in [-0.2, 0) is 14.4 Å². The second kappa shape index (κ2) is 6.92. The highest BCUT2D eigenvalue weighted by Crippen LogP contribution is 2.12. The molecular formula is C10H21N5O3. The third-order valence-electron chi connectivity index (χ3n) is 2.29. The van der Waals surface area contributed by atoms with Crippen molar-refractivity contribution in [2.75, 3.05) is 0 Å². The molecular weight excluding hydrogens is 238 g/mol. The molecule has 8 N–H and O–H groups in total. The third kappa shape index (κ3) is 5.60. The summed E-state index contributed by atoms with van der Waals surface area (Å²) in [4.78, 5) is 33.7. The van der Waals surface area contributed by atoms with Crippen molar-refractivity contribution in [3.63, 3.8) is 0 Å². The number of amides is 3. The smallest absolute Gasteiger partial charge is 0.264 e. The van der Waals surface area contributed by atoms with Crippen LogP contribution in [0.4, 0.5) is 0 Å². The van der Waals surface area contributed by atoms with E-state index in [0.29, 0.717) is 12.8 Å². The SMILES string of the molecule is CC(=O)NC(CCCC(N)N)(NC(C)=O)C(N)=O. The predicted molar refractivity (Wildman–Crippen MR) is 65.6 cm³/mol. The van der Waals surface area contributed by atoms with Crippen molar-refractivity contribution in [2.24, 2.45) is 17.2 Å². The highest BCUT2D eigenvalue weighted by Gasteiger charge is 2.37.